The average molecular weight is 319 g/mol. The van der Waals surface area contributed by atoms with Gasteiger partial charge < -0.3 is 14.7 Å². The molecule has 1 saturated heterocycles. The van der Waals surface area contributed by atoms with Crippen LogP contribution in [0.3, 0.4) is 0 Å². The molecule has 3 heterocycles. The van der Waals surface area contributed by atoms with E-state index in [9.17, 15) is 4.79 Å². The molecule has 126 valence electrons. The highest BCUT2D eigenvalue weighted by Gasteiger charge is 2.29. The van der Waals surface area contributed by atoms with Gasteiger partial charge in [-0.05, 0) is 38.7 Å². The first-order valence-corrected chi connectivity index (χ1v) is 8.45. The van der Waals surface area contributed by atoms with Crippen LogP contribution in [0.1, 0.15) is 44.2 Å². The van der Waals surface area contributed by atoms with Crippen molar-refractivity contribution in [2.24, 2.45) is 0 Å². The predicted octanol–water partition coefficient (Wildman–Crippen LogP) is 1.67. The van der Waals surface area contributed by atoms with Crippen molar-refractivity contribution < 1.29 is 14.6 Å². The molecule has 3 rings (SSSR count). The molecule has 1 fully saturated rings. The zero-order valence-electron chi connectivity index (χ0n) is 13.7. The molecule has 2 aliphatic rings. The number of allylic oxidation sites excluding steroid dienone is 1. The fourth-order valence-corrected chi connectivity index (χ4v) is 3.54. The Balaban J connectivity index is 1.62. The van der Waals surface area contributed by atoms with Gasteiger partial charge in [0.25, 0.3) is 5.91 Å². The van der Waals surface area contributed by atoms with Gasteiger partial charge in [-0.3, -0.25) is 9.48 Å². The van der Waals surface area contributed by atoms with Crippen molar-refractivity contribution in [3.8, 4) is 0 Å². The maximum Gasteiger partial charge on any atom is 0.253 e. The second kappa shape index (κ2) is 7.17. The summed E-state index contributed by atoms with van der Waals surface area (Å²) in [5.41, 5.74) is 2.02. The lowest BCUT2D eigenvalue weighted by Gasteiger charge is -2.33. The topological polar surface area (TPSA) is 67.6 Å². The molecule has 0 aliphatic carbocycles. The largest absolute Gasteiger partial charge is 0.498 e. The Hall–Kier alpha value is -1.82. The molecule has 1 aromatic heterocycles. The summed E-state index contributed by atoms with van der Waals surface area (Å²) in [6.07, 6.45) is 5.42. The molecule has 0 saturated carbocycles. The van der Waals surface area contributed by atoms with Crippen molar-refractivity contribution in [2.45, 2.75) is 45.1 Å². The maximum absolute atomic E-state index is 12.7. The van der Waals surface area contributed by atoms with E-state index in [-0.39, 0.29) is 12.5 Å². The molecule has 0 aromatic carbocycles. The van der Waals surface area contributed by atoms with Crippen LogP contribution in [-0.4, -0.2) is 52.0 Å². The summed E-state index contributed by atoms with van der Waals surface area (Å²) in [5, 5.41) is 13.4. The summed E-state index contributed by atoms with van der Waals surface area (Å²) < 4.78 is 7.40. The van der Waals surface area contributed by atoms with Crippen molar-refractivity contribution in [3.05, 3.63) is 29.3 Å². The van der Waals surface area contributed by atoms with Crippen LogP contribution < -0.4 is 0 Å². The summed E-state index contributed by atoms with van der Waals surface area (Å²) in [4.78, 5) is 14.6. The minimum atomic E-state index is 0.0967. The molecule has 0 unspecified atom stereocenters. The van der Waals surface area contributed by atoms with Gasteiger partial charge in [0.05, 0.1) is 25.3 Å². The van der Waals surface area contributed by atoms with E-state index in [4.69, 9.17) is 9.84 Å². The number of aromatic nitrogens is 2. The predicted molar refractivity (Wildman–Crippen MR) is 85.8 cm³/mol. The number of nitrogens with zero attached hydrogens (tertiary/aromatic N) is 3. The Labute approximate surface area is 136 Å². The van der Waals surface area contributed by atoms with Crippen molar-refractivity contribution in [1.29, 1.82) is 0 Å². The van der Waals surface area contributed by atoms with E-state index < -0.39 is 0 Å². The van der Waals surface area contributed by atoms with Gasteiger partial charge in [-0.15, -0.1) is 0 Å². The molecule has 1 amide bonds. The molecule has 2 aliphatic heterocycles. The number of hydrogen-bond donors (Lipinski definition) is 1. The number of carbonyl (C=O) groups is 1. The molecule has 0 bridgehead atoms. The lowest BCUT2D eigenvalue weighted by Crippen LogP contribution is -2.39. The molecule has 0 spiro atoms. The SMILES string of the molecule is CC1=C(C(=O)N2CCC(c3ccnn3CCO)CC2)CCCO1. The first-order chi connectivity index (χ1) is 11.2. The average Bonchev–Trinajstić information content (AvgIpc) is 3.03. The van der Waals surface area contributed by atoms with Gasteiger partial charge >= 0.3 is 0 Å². The number of hydrogen-bond acceptors (Lipinski definition) is 4. The smallest absolute Gasteiger partial charge is 0.253 e. The highest BCUT2D eigenvalue weighted by molar-refractivity contribution is 5.94. The van der Waals surface area contributed by atoms with Gasteiger partial charge in [-0.25, -0.2) is 0 Å². The number of aliphatic hydroxyl groups excluding tert-OH is 1. The molecular formula is C17H25N3O3. The summed E-state index contributed by atoms with van der Waals surface area (Å²) >= 11 is 0. The van der Waals surface area contributed by atoms with E-state index in [1.165, 1.54) is 5.69 Å². The standard InChI is InChI=1S/C17H25N3O3/c1-13-15(3-2-12-23-13)17(22)19-8-5-14(6-9-19)16-4-7-18-20(16)10-11-21/h4,7,14,21H,2-3,5-6,8-12H2,1H3. The van der Waals surface area contributed by atoms with E-state index in [0.29, 0.717) is 12.5 Å². The maximum atomic E-state index is 12.7. The Morgan fingerprint density at radius 3 is 2.91 bits per heavy atom. The number of aliphatic hydroxyl groups is 1. The van der Waals surface area contributed by atoms with Crippen LogP contribution in [0.15, 0.2) is 23.6 Å². The van der Waals surface area contributed by atoms with Crippen LogP contribution in [0.4, 0.5) is 0 Å². The van der Waals surface area contributed by atoms with Crippen LogP contribution in [0, 0.1) is 0 Å². The van der Waals surface area contributed by atoms with Gasteiger partial charge in [0.1, 0.15) is 5.76 Å². The van der Waals surface area contributed by atoms with Crippen molar-refractivity contribution in [2.75, 3.05) is 26.3 Å². The van der Waals surface area contributed by atoms with E-state index in [1.54, 1.807) is 6.20 Å². The Morgan fingerprint density at radius 2 is 2.22 bits per heavy atom. The Bertz CT molecular complexity index is 586. The number of ether oxygens (including phenoxy) is 1. The third kappa shape index (κ3) is 3.42. The van der Waals surface area contributed by atoms with Crippen LogP contribution in [-0.2, 0) is 16.1 Å². The van der Waals surface area contributed by atoms with Crippen LogP contribution in [0.5, 0.6) is 0 Å². The van der Waals surface area contributed by atoms with Crippen molar-refractivity contribution in [1.82, 2.24) is 14.7 Å². The fourth-order valence-electron chi connectivity index (χ4n) is 3.54. The summed E-state index contributed by atoms with van der Waals surface area (Å²) in [6.45, 7) is 4.78. The third-order valence-corrected chi connectivity index (χ3v) is 4.83. The zero-order chi connectivity index (χ0) is 16.2. The van der Waals surface area contributed by atoms with E-state index in [1.807, 2.05) is 22.6 Å². The highest BCUT2D eigenvalue weighted by Crippen LogP contribution is 2.30. The number of likely N-dealkylation sites (tertiary alicyclic amines) is 1. The number of amides is 1. The molecule has 6 heteroatoms. The van der Waals surface area contributed by atoms with Gasteiger partial charge in [0.15, 0.2) is 0 Å². The lowest BCUT2D eigenvalue weighted by molar-refractivity contribution is -0.128. The number of carbonyl (C=O) groups excluding carboxylic acids is 1. The third-order valence-electron chi connectivity index (χ3n) is 4.83. The number of rotatable bonds is 4. The first-order valence-electron chi connectivity index (χ1n) is 8.45. The molecular weight excluding hydrogens is 294 g/mol. The molecule has 1 aromatic rings. The Kier molecular flexibility index (Phi) is 5.00. The normalized spacial score (nSPS) is 19.8. The van der Waals surface area contributed by atoms with Crippen LogP contribution in [0.2, 0.25) is 0 Å². The zero-order valence-corrected chi connectivity index (χ0v) is 13.7. The van der Waals surface area contributed by atoms with Gasteiger partial charge in [-0.2, -0.15) is 5.10 Å². The molecule has 1 N–H and O–H groups in total. The summed E-state index contributed by atoms with van der Waals surface area (Å²) in [6, 6.07) is 2.03. The van der Waals surface area contributed by atoms with Crippen molar-refractivity contribution >= 4 is 5.91 Å². The summed E-state index contributed by atoms with van der Waals surface area (Å²) in [7, 11) is 0. The first kappa shape index (κ1) is 16.1. The van der Waals surface area contributed by atoms with Crippen LogP contribution >= 0.6 is 0 Å². The molecule has 23 heavy (non-hydrogen) atoms. The van der Waals surface area contributed by atoms with E-state index >= 15 is 0 Å². The fraction of sp³-hybridized carbons (Fsp3) is 0.647. The Morgan fingerprint density at radius 1 is 1.43 bits per heavy atom. The van der Waals surface area contributed by atoms with Crippen molar-refractivity contribution in [3.63, 3.8) is 0 Å². The van der Waals surface area contributed by atoms with Gasteiger partial charge in [-0.1, -0.05) is 0 Å². The van der Waals surface area contributed by atoms with Gasteiger partial charge in [0, 0.05) is 30.9 Å². The highest BCUT2D eigenvalue weighted by atomic mass is 16.5. The summed E-state index contributed by atoms with van der Waals surface area (Å²) in [5.74, 6) is 1.35. The molecule has 6 nitrogen and oxygen atoms in total. The van der Waals surface area contributed by atoms with Crippen LogP contribution in [0.25, 0.3) is 0 Å². The van der Waals surface area contributed by atoms with E-state index in [0.717, 1.165) is 56.7 Å². The quantitative estimate of drug-likeness (QED) is 0.916. The minimum Gasteiger partial charge on any atom is -0.498 e. The second-order valence-corrected chi connectivity index (χ2v) is 6.26. The minimum absolute atomic E-state index is 0.0967. The monoisotopic (exact) mass is 319 g/mol. The molecule has 0 radical (unpaired) electrons. The molecule has 0 atom stereocenters. The lowest BCUT2D eigenvalue weighted by atomic mass is 9.92. The second-order valence-electron chi connectivity index (χ2n) is 6.26. The van der Waals surface area contributed by atoms with Gasteiger partial charge in [0.2, 0.25) is 0 Å². The number of piperidine rings is 1. The van der Waals surface area contributed by atoms with E-state index in [2.05, 4.69) is 5.10 Å².